The molecule has 1 unspecified atom stereocenters. The van der Waals surface area contributed by atoms with Crippen molar-refractivity contribution in [1.82, 2.24) is 5.32 Å². The number of halogens is 1. The van der Waals surface area contributed by atoms with Gasteiger partial charge in [0.05, 0.1) is 0 Å². The van der Waals surface area contributed by atoms with E-state index in [1.165, 1.54) is 23.3 Å². The van der Waals surface area contributed by atoms with Crippen molar-refractivity contribution in [2.45, 2.75) is 56.3 Å². The predicted molar refractivity (Wildman–Crippen MR) is 81.5 cm³/mol. The molecule has 18 heavy (non-hydrogen) atoms. The maximum atomic E-state index is 6.12. The van der Waals surface area contributed by atoms with E-state index in [1.54, 1.807) is 0 Å². The molecule has 1 fully saturated rings. The zero-order valence-corrected chi connectivity index (χ0v) is 12.9. The first kappa shape index (κ1) is 14.2. The lowest BCUT2D eigenvalue weighted by Gasteiger charge is -2.18. The first-order valence-corrected chi connectivity index (χ1v) is 8.00. The Morgan fingerprint density at radius 2 is 2.06 bits per heavy atom. The van der Waals surface area contributed by atoms with Crippen molar-refractivity contribution in [3.05, 3.63) is 28.8 Å². The highest BCUT2D eigenvalue weighted by Crippen LogP contribution is 2.33. The minimum Gasteiger partial charge on any atom is -0.310 e. The summed E-state index contributed by atoms with van der Waals surface area (Å²) < 4.78 is 0. The molecule has 100 valence electrons. The summed E-state index contributed by atoms with van der Waals surface area (Å²) in [5.41, 5.74) is 1.38. The van der Waals surface area contributed by atoms with E-state index >= 15 is 0 Å². The highest BCUT2D eigenvalue weighted by molar-refractivity contribution is 8.00. The fraction of sp³-hybridized carbons (Fsp3) is 0.600. The van der Waals surface area contributed by atoms with Crippen LogP contribution >= 0.6 is 23.4 Å². The smallest absolute Gasteiger partial charge is 0.0417 e. The summed E-state index contributed by atoms with van der Waals surface area (Å²) in [5, 5.41) is 5.03. The van der Waals surface area contributed by atoms with E-state index in [2.05, 4.69) is 38.2 Å². The highest BCUT2D eigenvalue weighted by atomic mass is 35.5. The molecule has 1 aliphatic rings. The molecule has 1 aromatic carbocycles. The third-order valence-electron chi connectivity index (χ3n) is 3.44. The van der Waals surface area contributed by atoms with Crippen molar-refractivity contribution in [3.63, 3.8) is 0 Å². The Kier molecular flexibility index (Phi) is 4.99. The Bertz CT molecular complexity index is 401. The Morgan fingerprint density at radius 1 is 1.33 bits per heavy atom. The first-order valence-electron chi connectivity index (χ1n) is 6.74. The van der Waals surface area contributed by atoms with Crippen LogP contribution in [0.15, 0.2) is 23.1 Å². The molecule has 0 spiro atoms. The molecule has 0 amide bonds. The summed E-state index contributed by atoms with van der Waals surface area (Å²) in [6.45, 7) is 7.79. The van der Waals surface area contributed by atoms with E-state index in [9.17, 15) is 0 Å². The van der Waals surface area contributed by atoms with E-state index in [0.29, 0.717) is 11.2 Å². The van der Waals surface area contributed by atoms with Gasteiger partial charge in [-0.25, -0.2) is 0 Å². The maximum absolute atomic E-state index is 6.12. The van der Waals surface area contributed by atoms with Gasteiger partial charge in [-0.15, -0.1) is 11.8 Å². The summed E-state index contributed by atoms with van der Waals surface area (Å²) >= 11 is 8.06. The van der Waals surface area contributed by atoms with Crippen molar-refractivity contribution < 1.29 is 0 Å². The minimum atomic E-state index is 0.614. The predicted octanol–water partition coefficient (Wildman–Crippen LogP) is 4.73. The van der Waals surface area contributed by atoms with Gasteiger partial charge in [0.15, 0.2) is 0 Å². The van der Waals surface area contributed by atoms with Crippen LogP contribution in [0.4, 0.5) is 0 Å². The molecule has 0 saturated heterocycles. The summed E-state index contributed by atoms with van der Waals surface area (Å²) in [4.78, 5) is 1.33. The molecular weight excluding hydrogens is 262 g/mol. The quantitative estimate of drug-likeness (QED) is 0.758. The van der Waals surface area contributed by atoms with Gasteiger partial charge in [0, 0.05) is 27.8 Å². The molecule has 3 heteroatoms. The van der Waals surface area contributed by atoms with E-state index in [1.807, 2.05) is 17.8 Å². The Morgan fingerprint density at radius 3 is 2.67 bits per heavy atom. The highest BCUT2D eigenvalue weighted by Gasteiger charge is 2.21. The lowest BCUT2D eigenvalue weighted by Crippen LogP contribution is -2.16. The summed E-state index contributed by atoms with van der Waals surface area (Å²) in [6.07, 6.45) is 2.66. The zero-order chi connectivity index (χ0) is 13.1. The van der Waals surface area contributed by atoms with Crippen LogP contribution in [0.25, 0.3) is 0 Å². The van der Waals surface area contributed by atoms with Crippen LogP contribution in [0, 0.1) is 5.92 Å². The van der Waals surface area contributed by atoms with Gasteiger partial charge in [-0.1, -0.05) is 38.4 Å². The summed E-state index contributed by atoms with van der Waals surface area (Å²) in [6, 6.07) is 7.01. The largest absolute Gasteiger partial charge is 0.310 e. The second-order valence-electron chi connectivity index (χ2n) is 5.47. The van der Waals surface area contributed by atoms with Crippen LogP contribution in [0.1, 0.15) is 39.2 Å². The minimum absolute atomic E-state index is 0.614. The zero-order valence-electron chi connectivity index (χ0n) is 11.4. The number of hydrogen-bond acceptors (Lipinski definition) is 2. The Hall–Kier alpha value is -0.180. The van der Waals surface area contributed by atoms with E-state index in [-0.39, 0.29) is 0 Å². The molecule has 1 saturated carbocycles. The van der Waals surface area contributed by atoms with Gasteiger partial charge >= 0.3 is 0 Å². The van der Waals surface area contributed by atoms with E-state index in [4.69, 9.17) is 11.6 Å². The number of benzene rings is 1. The molecule has 0 radical (unpaired) electrons. The average Bonchev–Trinajstić information content (AvgIpc) is 3.11. The Labute approximate surface area is 120 Å². The summed E-state index contributed by atoms with van der Waals surface area (Å²) in [5.74, 6) is 0.679. The van der Waals surface area contributed by atoms with Gasteiger partial charge in [0.1, 0.15) is 0 Å². The third kappa shape index (κ3) is 4.18. The van der Waals surface area contributed by atoms with Crippen molar-refractivity contribution in [1.29, 1.82) is 0 Å². The van der Waals surface area contributed by atoms with E-state index in [0.717, 1.165) is 17.6 Å². The van der Waals surface area contributed by atoms with Crippen LogP contribution in [0.2, 0.25) is 5.02 Å². The normalized spacial score (nSPS) is 17.2. The molecule has 2 rings (SSSR count). The lowest BCUT2D eigenvalue weighted by atomic mass is 10.2. The molecule has 1 aliphatic carbocycles. The number of hydrogen-bond donors (Lipinski definition) is 1. The van der Waals surface area contributed by atoms with Crippen LogP contribution in [0.3, 0.4) is 0 Å². The van der Waals surface area contributed by atoms with Gasteiger partial charge in [0.25, 0.3) is 0 Å². The molecule has 0 aliphatic heterocycles. The SMILES string of the molecule is CC(C)C(C)Sc1cc(Cl)ccc1CNC1CC1. The van der Waals surface area contributed by atoms with Gasteiger partial charge in [-0.2, -0.15) is 0 Å². The molecule has 0 heterocycles. The number of nitrogens with one attached hydrogen (secondary N) is 1. The molecule has 1 N–H and O–H groups in total. The third-order valence-corrected chi connectivity index (χ3v) is 5.22. The fourth-order valence-electron chi connectivity index (χ4n) is 1.66. The van der Waals surface area contributed by atoms with Gasteiger partial charge in [-0.3, -0.25) is 0 Å². The molecule has 1 atom stereocenters. The van der Waals surface area contributed by atoms with Gasteiger partial charge < -0.3 is 5.32 Å². The molecule has 0 bridgehead atoms. The second-order valence-corrected chi connectivity index (χ2v) is 7.33. The standard InChI is InChI=1S/C15H22ClNS/c1-10(2)11(3)18-15-8-13(16)5-4-12(15)9-17-14-6-7-14/h4-5,8,10-11,14,17H,6-7,9H2,1-3H3. The van der Waals surface area contributed by atoms with Crippen LogP contribution < -0.4 is 5.32 Å². The molecule has 1 aromatic rings. The topological polar surface area (TPSA) is 12.0 Å². The van der Waals surface area contributed by atoms with Gasteiger partial charge in [-0.05, 0) is 36.5 Å². The van der Waals surface area contributed by atoms with Crippen LogP contribution in [0.5, 0.6) is 0 Å². The molecular formula is C15H22ClNS. The molecule has 1 nitrogen and oxygen atoms in total. The van der Waals surface area contributed by atoms with Crippen LogP contribution in [-0.4, -0.2) is 11.3 Å². The fourth-order valence-corrected chi connectivity index (χ4v) is 3.06. The summed E-state index contributed by atoms with van der Waals surface area (Å²) in [7, 11) is 0. The average molecular weight is 284 g/mol. The molecule has 0 aromatic heterocycles. The maximum Gasteiger partial charge on any atom is 0.0417 e. The monoisotopic (exact) mass is 283 g/mol. The first-order chi connectivity index (χ1) is 8.56. The van der Waals surface area contributed by atoms with Gasteiger partial charge in [0.2, 0.25) is 0 Å². The van der Waals surface area contributed by atoms with Crippen molar-refractivity contribution >= 4 is 23.4 Å². The van der Waals surface area contributed by atoms with Crippen molar-refractivity contribution in [2.75, 3.05) is 0 Å². The lowest BCUT2D eigenvalue weighted by molar-refractivity contribution is 0.641. The number of thioether (sulfide) groups is 1. The number of rotatable bonds is 6. The van der Waals surface area contributed by atoms with E-state index < -0.39 is 0 Å². The van der Waals surface area contributed by atoms with Crippen molar-refractivity contribution in [3.8, 4) is 0 Å². The van der Waals surface area contributed by atoms with Crippen molar-refractivity contribution in [2.24, 2.45) is 5.92 Å². The van der Waals surface area contributed by atoms with Crippen LogP contribution in [-0.2, 0) is 6.54 Å². The Balaban J connectivity index is 2.06. The second kappa shape index (κ2) is 6.31.